The maximum Gasteiger partial charge on any atom is 0.130 e. The molecule has 0 aliphatic carbocycles. The number of rotatable bonds is 3. The van der Waals surface area contributed by atoms with Gasteiger partial charge in [0.05, 0.1) is 0 Å². The molecule has 0 fully saturated rings. The lowest BCUT2D eigenvalue weighted by Crippen LogP contribution is -1.99. The second-order valence-corrected chi connectivity index (χ2v) is 3.39. The Morgan fingerprint density at radius 2 is 2.12 bits per heavy atom. The first-order valence-corrected chi connectivity index (χ1v) is 4.95. The fourth-order valence-corrected chi connectivity index (χ4v) is 1.38. The number of aromatic nitrogens is 1. The maximum atomic E-state index is 12.9. The van der Waals surface area contributed by atoms with E-state index in [1.54, 1.807) is 18.3 Å². The van der Waals surface area contributed by atoms with Gasteiger partial charge in [-0.2, -0.15) is 0 Å². The Labute approximate surface area is 93.1 Å². The van der Waals surface area contributed by atoms with E-state index in [2.05, 4.69) is 10.3 Å². The van der Waals surface area contributed by atoms with Crippen molar-refractivity contribution in [2.24, 2.45) is 5.73 Å². The van der Waals surface area contributed by atoms with Gasteiger partial charge in [0.25, 0.3) is 0 Å². The molecule has 3 nitrogen and oxygen atoms in total. The van der Waals surface area contributed by atoms with Crippen LogP contribution in [0.3, 0.4) is 0 Å². The molecule has 0 bridgehead atoms. The average molecular weight is 217 g/mol. The van der Waals surface area contributed by atoms with Gasteiger partial charge in [0, 0.05) is 18.4 Å². The van der Waals surface area contributed by atoms with Gasteiger partial charge >= 0.3 is 0 Å². The Morgan fingerprint density at radius 1 is 1.25 bits per heavy atom. The van der Waals surface area contributed by atoms with Crippen molar-refractivity contribution >= 4 is 11.5 Å². The molecule has 0 spiro atoms. The highest BCUT2D eigenvalue weighted by atomic mass is 19.1. The number of halogens is 1. The second-order valence-electron chi connectivity index (χ2n) is 3.39. The summed E-state index contributed by atoms with van der Waals surface area (Å²) in [6, 6.07) is 9.91. The van der Waals surface area contributed by atoms with Crippen molar-refractivity contribution in [1.29, 1.82) is 0 Å². The normalized spacial score (nSPS) is 10.1. The van der Waals surface area contributed by atoms with Crippen molar-refractivity contribution in [3.63, 3.8) is 0 Å². The lowest BCUT2D eigenvalue weighted by atomic mass is 10.2. The zero-order valence-corrected chi connectivity index (χ0v) is 8.65. The molecule has 1 heterocycles. The van der Waals surface area contributed by atoms with Crippen LogP contribution in [0.1, 0.15) is 5.56 Å². The Bertz CT molecular complexity index is 485. The van der Waals surface area contributed by atoms with Crippen LogP contribution in [0.5, 0.6) is 0 Å². The second kappa shape index (κ2) is 4.72. The third-order valence-corrected chi connectivity index (χ3v) is 2.16. The van der Waals surface area contributed by atoms with Crippen LogP contribution in [0, 0.1) is 5.82 Å². The van der Waals surface area contributed by atoms with E-state index in [0.717, 1.165) is 5.56 Å². The number of pyridine rings is 1. The van der Waals surface area contributed by atoms with Crippen molar-refractivity contribution < 1.29 is 4.39 Å². The highest BCUT2D eigenvalue weighted by molar-refractivity contribution is 5.56. The Hall–Kier alpha value is -1.94. The summed E-state index contributed by atoms with van der Waals surface area (Å²) in [5.74, 6) is 0.383. The van der Waals surface area contributed by atoms with Crippen LogP contribution in [0.25, 0.3) is 0 Å². The number of hydrogen-bond acceptors (Lipinski definition) is 3. The lowest BCUT2D eigenvalue weighted by Gasteiger charge is -2.06. The molecule has 1 aromatic heterocycles. The van der Waals surface area contributed by atoms with Crippen LogP contribution >= 0.6 is 0 Å². The first kappa shape index (κ1) is 10.6. The van der Waals surface area contributed by atoms with Gasteiger partial charge in [0.15, 0.2) is 0 Å². The monoisotopic (exact) mass is 217 g/mol. The molecule has 1 aromatic carbocycles. The topological polar surface area (TPSA) is 50.9 Å². The van der Waals surface area contributed by atoms with Gasteiger partial charge in [-0.3, -0.25) is 0 Å². The van der Waals surface area contributed by atoms with E-state index in [0.29, 0.717) is 18.1 Å². The van der Waals surface area contributed by atoms with Gasteiger partial charge in [-0.25, -0.2) is 9.37 Å². The van der Waals surface area contributed by atoms with Crippen molar-refractivity contribution in [3.8, 4) is 0 Å². The number of nitrogens with two attached hydrogens (primary N) is 1. The van der Waals surface area contributed by atoms with Gasteiger partial charge < -0.3 is 11.1 Å². The fraction of sp³-hybridized carbons (Fsp3) is 0.0833. The van der Waals surface area contributed by atoms with Gasteiger partial charge in [0.1, 0.15) is 11.6 Å². The summed E-state index contributed by atoms with van der Waals surface area (Å²) in [6.45, 7) is 0.459. The zero-order valence-electron chi connectivity index (χ0n) is 8.65. The molecule has 0 saturated carbocycles. The van der Waals surface area contributed by atoms with Crippen LogP contribution < -0.4 is 11.1 Å². The molecule has 3 N–H and O–H groups in total. The molecule has 2 rings (SSSR count). The summed E-state index contributed by atoms with van der Waals surface area (Å²) in [4.78, 5) is 4.12. The third-order valence-electron chi connectivity index (χ3n) is 2.16. The molecule has 2 aromatic rings. The van der Waals surface area contributed by atoms with E-state index in [4.69, 9.17) is 5.73 Å². The van der Waals surface area contributed by atoms with Crippen molar-refractivity contribution in [2.75, 3.05) is 5.32 Å². The van der Waals surface area contributed by atoms with E-state index in [-0.39, 0.29) is 5.82 Å². The van der Waals surface area contributed by atoms with Crippen molar-refractivity contribution in [1.82, 2.24) is 4.98 Å². The molecule has 0 amide bonds. The zero-order chi connectivity index (χ0) is 11.4. The van der Waals surface area contributed by atoms with E-state index in [1.165, 1.54) is 12.1 Å². The largest absolute Gasteiger partial charge is 0.340 e. The third kappa shape index (κ3) is 2.55. The van der Waals surface area contributed by atoms with Crippen LogP contribution in [-0.2, 0) is 6.54 Å². The summed E-state index contributed by atoms with van der Waals surface area (Å²) in [5.41, 5.74) is 7.17. The Morgan fingerprint density at radius 3 is 2.88 bits per heavy atom. The highest BCUT2D eigenvalue weighted by Gasteiger charge is 1.98. The summed E-state index contributed by atoms with van der Waals surface area (Å²) >= 11 is 0. The smallest absolute Gasteiger partial charge is 0.130 e. The average Bonchev–Trinajstić information content (AvgIpc) is 2.29. The van der Waals surface area contributed by atoms with Gasteiger partial charge in [-0.15, -0.1) is 0 Å². The van der Waals surface area contributed by atoms with E-state index >= 15 is 0 Å². The number of hydrogen-bond donors (Lipinski definition) is 2. The van der Waals surface area contributed by atoms with E-state index in [9.17, 15) is 4.39 Å². The fourth-order valence-electron chi connectivity index (χ4n) is 1.38. The number of anilines is 2. The minimum absolute atomic E-state index is 0.278. The summed E-state index contributed by atoms with van der Waals surface area (Å²) in [5, 5.41) is 3.01. The lowest BCUT2D eigenvalue weighted by molar-refractivity contribution is 0.628. The van der Waals surface area contributed by atoms with Crippen molar-refractivity contribution in [2.45, 2.75) is 6.54 Å². The molecular weight excluding hydrogens is 205 g/mol. The van der Waals surface area contributed by atoms with Gasteiger partial charge in [-0.05, 0) is 35.9 Å². The Balaban J connectivity index is 2.20. The number of benzene rings is 1. The van der Waals surface area contributed by atoms with Crippen LogP contribution in [0.15, 0.2) is 42.6 Å². The molecule has 0 aliphatic rings. The predicted octanol–water partition coefficient (Wildman–Crippen LogP) is 2.42. The standard InChI is InChI=1S/C12H12FN3/c13-10-2-1-3-11(7-10)16-12-6-9(8-14)4-5-15-12/h1-7H,8,14H2,(H,15,16). The summed E-state index contributed by atoms with van der Waals surface area (Å²) in [7, 11) is 0. The molecule has 0 atom stereocenters. The SMILES string of the molecule is NCc1ccnc(Nc2cccc(F)c2)c1. The van der Waals surface area contributed by atoms with Crippen LogP contribution in [0.2, 0.25) is 0 Å². The predicted molar refractivity (Wildman–Crippen MR) is 61.8 cm³/mol. The van der Waals surface area contributed by atoms with E-state index in [1.807, 2.05) is 12.1 Å². The number of nitrogens with one attached hydrogen (secondary N) is 1. The minimum atomic E-state index is -0.278. The molecule has 82 valence electrons. The minimum Gasteiger partial charge on any atom is -0.340 e. The molecular formula is C12H12FN3. The maximum absolute atomic E-state index is 12.9. The Kier molecular flexibility index (Phi) is 3.12. The van der Waals surface area contributed by atoms with Crippen LogP contribution in [0.4, 0.5) is 15.9 Å². The first-order chi connectivity index (χ1) is 7.78. The summed E-state index contributed by atoms with van der Waals surface area (Å²) < 4.78 is 12.9. The molecule has 16 heavy (non-hydrogen) atoms. The highest BCUT2D eigenvalue weighted by Crippen LogP contribution is 2.15. The van der Waals surface area contributed by atoms with Gasteiger partial charge in [0.2, 0.25) is 0 Å². The quantitative estimate of drug-likeness (QED) is 0.830. The van der Waals surface area contributed by atoms with Crippen molar-refractivity contribution in [3.05, 3.63) is 54.0 Å². The molecule has 4 heteroatoms. The molecule has 0 saturated heterocycles. The number of nitrogens with zero attached hydrogens (tertiary/aromatic N) is 1. The van der Waals surface area contributed by atoms with E-state index < -0.39 is 0 Å². The van der Waals surface area contributed by atoms with Crippen LogP contribution in [-0.4, -0.2) is 4.98 Å². The molecule has 0 aliphatic heterocycles. The van der Waals surface area contributed by atoms with Gasteiger partial charge in [-0.1, -0.05) is 6.07 Å². The first-order valence-electron chi connectivity index (χ1n) is 4.95. The molecule has 0 radical (unpaired) electrons. The molecule has 0 unspecified atom stereocenters. The summed E-state index contributed by atoms with van der Waals surface area (Å²) in [6.07, 6.45) is 1.67.